The van der Waals surface area contributed by atoms with E-state index in [0.29, 0.717) is 24.4 Å². The first-order valence-corrected chi connectivity index (χ1v) is 10.8. The number of nitrogens with zero attached hydrogens (tertiary/aromatic N) is 3. The molecule has 3 aliphatic rings. The minimum absolute atomic E-state index is 0.0592. The molecule has 3 heterocycles. The second-order valence-electron chi connectivity index (χ2n) is 8.65. The highest BCUT2D eigenvalue weighted by atomic mass is 16.2. The van der Waals surface area contributed by atoms with Gasteiger partial charge in [-0.1, -0.05) is 6.07 Å². The standard InChI is InChI=1S/C22H32N4O2/c1-16-4-2-10-23-20(16)14-24-21(27)18-5-3-11-26(15-18)19-8-12-25(13-9-19)22(28)17-6-7-17/h2,4,10,17-19H,3,5-9,11-15H2,1H3,(H,24,27)/t18-/m0/s1. The van der Waals surface area contributed by atoms with Gasteiger partial charge in [-0.25, -0.2) is 0 Å². The minimum Gasteiger partial charge on any atom is -0.350 e. The molecule has 2 aliphatic heterocycles. The maximum atomic E-state index is 12.7. The molecule has 2 saturated heterocycles. The molecular weight excluding hydrogens is 352 g/mol. The maximum Gasteiger partial charge on any atom is 0.225 e. The van der Waals surface area contributed by atoms with Gasteiger partial charge in [-0.05, 0) is 63.6 Å². The van der Waals surface area contributed by atoms with Crippen molar-refractivity contribution in [2.24, 2.45) is 11.8 Å². The lowest BCUT2D eigenvalue weighted by molar-refractivity contribution is -0.134. The van der Waals surface area contributed by atoms with Crippen LogP contribution in [-0.4, -0.2) is 58.8 Å². The fourth-order valence-corrected chi connectivity index (χ4v) is 4.61. The Hall–Kier alpha value is -1.95. The second kappa shape index (κ2) is 8.60. The quantitative estimate of drug-likeness (QED) is 0.845. The van der Waals surface area contributed by atoms with Gasteiger partial charge in [0, 0.05) is 37.8 Å². The van der Waals surface area contributed by atoms with E-state index in [9.17, 15) is 9.59 Å². The summed E-state index contributed by atoms with van der Waals surface area (Å²) in [6.45, 7) is 6.21. The number of carbonyl (C=O) groups is 2. The van der Waals surface area contributed by atoms with Gasteiger partial charge in [0.05, 0.1) is 18.2 Å². The van der Waals surface area contributed by atoms with Gasteiger partial charge in [-0.15, -0.1) is 0 Å². The van der Waals surface area contributed by atoms with Gasteiger partial charge >= 0.3 is 0 Å². The monoisotopic (exact) mass is 384 g/mol. The Kier molecular flexibility index (Phi) is 5.95. The Morgan fingerprint density at radius 2 is 1.89 bits per heavy atom. The molecule has 1 N–H and O–H groups in total. The van der Waals surface area contributed by atoms with Crippen LogP contribution in [0.2, 0.25) is 0 Å². The van der Waals surface area contributed by atoms with Gasteiger partial charge in [0.15, 0.2) is 0 Å². The minimum atomic E-state index is 0.0592. The van der Waals surface area contributed by atoms with Crippen molar-refractivity contribution < 1.29 is 9.59 Å². The fourth-order valence-electron chi connectivity index (χ4n) is 4.61. The van der Waals surface area contributed by atoms with Gasteiger partial charge in [-0.3, -0.25) is 19.5 Å². The summed E-state index contributed by atoms with van der Waals surface area (Å²) in [5, 5.41) is 3.09. The second-order valence-corrected chi connectivity index (χ2v) is 8.65. The molecule has 152 valence electrons. The van der Waals surface area contributed by atoms with Crippen molar-refractivity contribution in [1.29, 1.82) is 0 Å². The molecule has 1 atom stereocenters. The number of rotatable bonds is 5. The van der Waals surface area contributed by atoms with E-state index in [2.05, 4.69) is 20.1 Å². The highest BCUT2D eigenvalue weighted by Crippen LogP contribution is 2.32. The molecule has 6 heteroatoms. The van der Waals surface area contributed by atoms with E-state index in [-0.39, 0.29) is 11.8 Å². The maximum absolute atomic E-state index is 12.7. The van der Waals surface area contributed by atoms with Gasteiger partial charge in [0.25, 0.3) is 0 Å². The van der Waals surface area contributed by atoms with Gasteiger partial charge in [0.2, 0.25) is 11.8 Å². The average Bonchev–Trinajstić information content (AvgIpc) is 3.58. The number of aromatic nitrogens is 1. The van der Waals surface area contributed by atoms with Crippen LogP contribution in [0.1, 0.15) is 49.8 Å². The van der Waals surface area contributed by atoms with Gasteiger partial charge in [0.1, 0.15) is 0 Å². The first-order chi connectivity index (χ1) is 13.6. The summed E-state index contributed by atoms with van der Waals surface area (Å²) in [7, 11) is 0. The molecular formula is C22H32N4O2. The SMILES string of the molecule is Cc1cccnc1CNC(=O)[C@H]1CCCN(C2CCN(C(=O)C3CC3)CC2)C1. The van der Waals surface area contributed by atoms with E-state index >= 15 is 0 Å². The molecule has 0 radical (unpaired) electrons. The summed E-state index contributed by atoms with van der Waals surface area (Å²) in [4.78, 5) is 33.9. The number of hydrogen-bond donors (Lipinski definition) is 1. The number of piperidine rings is 2. The van der Waals surface area contributed by atoms with Crippen molar-refractivity contribution in [1.82, 2.24) is 20.1 Å². The third-order valence-electron chi connectivity index (χ3n) is 6.59. The highest BCUT2D eigenvalue weighted by Gasteiger charge is 2.37. The molecule has 1 aromatic heterocycles. The Morgan fingerprint density at radius 1 is 1.11 bits per heavy atom. The van der Waals surface area contributed by atoms with Crippen molar-refractivity contribution in [3.05, 3.63) is 29.6 Å². The Morgan fingerprint density at radius 3 is 2.61 bits per heavy atom. The largest absolute Gasteiger partial charge is 0.350 e. The Balaban J connectivity index is 1.25. The van der Waals surface area contributed by atoms with Crippen molar-refractivity contribution >= 4 is 11.8 Å². The number of amides is 2. The zero-order valence-corrected chi connectivity index (χ0v) is 16.9. The van der Waals surface area contributed by atoms with Crippen molar-refractivity contribution in [2.75, 3.05) is 26.2 Å². The normalized spacial score (nSPS) is 24.2. The predicted octanol–water partition coefficient (Wildman–Crippen LogP) is 2.12. The summed E-state index contributed by atoms with van der Waals surface area (Å²) in [6.07, 6.45) is 8.06. The van der Waals surface area contributed by atoms with E-state index < -0.39 is 0 Å². The molecule has 1 aliphatic carbocycles. The lowest BCUT2D eigenvalue weighted by Crippen LogP contribution is -2.51. The number of likely N-dealkylation sites (tertiary alicyclic amines) is 2. The Bertz CT molecular complexity index is 710. The average molecular weight is 385 g/mol. The molecule has 0 unspecified atom stereocenters. The number of nitrogens with one attached hydrogen (secondary N) is 1. The number of carbonyl (C=O) groups excluding carboxylic acids is 2. The predicted molar refractivity (Wildman–Crippen MR) is 107 cm³/mol. The summed E-state index contributed by atoms with van der Waals surface area (Å²) in [6, 6.07) is 4.46. The van der Waals surface area contributed by atoms with Crippen LogP contribution in [0.4, 0.5) is 0 Å². The van der Waals surface area contributed by atoms with Crippen LogP contribution >= 0.6 is 0 Å². The van der Waals surface area contributed by atoms with Gasteiger partial charge < -0.3 is 10.2 Å². The summed E-state index contributed by atoms with van der Waals surface area (Å²) >= 11 is 0. The van der Waals surface area contributed by atoms with Crippen LogP contribution < -0.4 is 5.32 Å². The smallest absolute Gasteiger partial charge is 0.225 e. The van der Waals surface area contributed by atoms with Crippen LogP contribution in [0.3, 0.4) is 0 Å². The van der Waals surface area contributed by atoms with Crippen LogP contribution in [0.5, 0.6) is 0 Å². The first kappa shape index (κ1) is 19.4. The molecule has 0 spiro atoms. The topological polar surface area (TPSA) is 65.5 Å². The van der Waals surface area contributed by atoms with E-state index in [0.717, 1.165) is 76.0 Å². The van der Waals surface area contributed by atoms with Crippen molar-refractivity contribution in [3.8, 4) is 0 Å². The van der Waals surface area contributed by atoms with Gasteiger partial charge in [-0.2, -0.15) is 0 Å². The van der Waals surface area contributed by atoms with E-state index in [1.165, 1.54) is 0 Å². The van der Waals surface area contributed by atoms with Crippen LogP contribution in [-0.2, 0) is 16.1 Å². The summed E-state index contributed by atoms with van der Waals surface area (Å²) in [5.41, 5.74) is 2.05. The molecule has 1 saturated carbocycles. The fraction of sp³-hybridized carbons (Fsp3) is 0.682. The lowest BCUT2D eigenvalue weighted by atomic mass is 9.93. The van der Waals surface area contributed by atoms with Crippen LogP contribution in [0.15, 0.2) is 18.3 Å². The number of pyridine rings is 1. The van der Waals surface area contributed by atoms with Crippen molar-refractivity contribution in [3.63, 3.8) is 0 Å². The molecule has 28 heavy (non-hydrogen) atoms. The van der Waals surface area contributed by atoms with E-state index in [4.69, 9.17) is 0 Å². The molecule has 1 aromatic rings. The highest BCUT2D eigenvalue weighted by molar-refractivity contribution is 5.81. The molecule has 0 bridgehead atoms. The lowest BCUT2D eigenvalue weighted by Gasteiger charge is -2.42. The third kappa shape index (κ3) is 4.54. The molecule has 6 nitrogen and oxygen atoms in total. The molecule has 3 fully saturated rings. The van der Waals surface area contributed by atoms with Crippen LogP contribution in [0.25, 0.3) is 0 Å². The van der Waals surface area contributed by atoms with E-state index in [1.807, 2.05) is 19.1 Å². The Labute approximate surface area is 167 Å². The molecule has 2 amide bonds. The number of hydrogen-bond acceptors (Lipinski definition) is 4. The zero-order valence-electron chi connectivity index (χ0n) is 16.9. The van der Waals surface area contributed by atoms with E-state index in [1.54, 1.807) is 6.20 Å². The number of aryl methyl sites for hydroxylation is 1. The third-order valence-corrected chi connectivity index (χ3v) is 6.59. The summed E-state index contributed by atoms with van der Waals surface area (Å²) < 4.78 is 0. The first-order valence-electron chi connectivity index (χ1n) is 10.8. The molecule has 0 aromatic carbocycles. The molecule has 4 rings (SSSR count). The van der Waals surface area contributed by atoms with Crippen molar-refractivity contribution in [2.45, 2.75) is 58.0 Å². The van der Waals surface area contributed by atoms with Crippen LogP contribution in [0, 0.1) is 18.8 Å². The zero-order chi connectivity index (χ0) is 19.5. The summed E-state index contributed by atoms with van der Waals surface area (Å²) in [5.74, 6) is 0.904.